The fourth-order valence-electron chi connectivity index (χ4n) is 2.29. The number of aromatic nitrogens is 1. The molecule has 0 fully saturated rings. The summed E-state index contributed by atoms with van der Waals surface area (Å²) in [6.45, 7) is 11.0. The van der Waals surface area contributed by atoms with Gasteiger partial charge in [0, 0.05) is 17.1 Å². The molecule has 1 aromatic carbocycles. The molecule has 0 radical (unpaired) electrons. The van der Waals surface area contributed by atoms with Crippen molar-refractivity contribution in [2.75, 3.05) is 0 Å². The Kier molecular flexibility index (Phi) is 4.25. The first-order valence-electron chi connectivity index (χ1n) is 6.81. The number of aryl methyl sites for hydroxylation is 1. The number of hydrogen-bond donors (Lipinski definition) is 0. The highest BCUT2D eigenvalue weighted by molar-refractivity contribution is 7.07. The number of para-hydroxylation sites is 1. The topological polar surface area (TPSA) is 17.3 Å². The van der Waals surface area contributed by atoms with Crippen molar-refractivity contribution in [2.24, 2.45) is 4.99 Å². The molecule has 19 heavy (non-hydrogen) atoms. The predicted octanol–water partition coefficient (Wildman–Crippen LogP) is 4.79. The van der Waals surface area contributed by atoms with Crippen molar-refractivity contribution in [3.05, 3.63) is 45.7 Å². The Labute approximate surface area is 119 Å². The third-order valence-corrected chi connectivity index (χ3v) is 4.17. The quantitative estimate of drug-likeness (QED) is 0.765. The van der Waals surface area contributed by atoms with Crippen molar-refractivity contribution in [2.45, 2.75) is 46.6 Å². The highest BCUT2D eigenvalue weighted by atomic mass is 32.1. The molecule has 2 rings (SSSR count). The largest absolute Gasteiger partial charge is 0.319 e. The van der Waals surface area contributed by atoms with Gasteiger partial charge in [-0.25, -0.2) is 4.99 Å². The van der Waals surface area contributed by atoms with E-state index >= 15 is 0 Å². The van der Waals surface area contributed by atoms with Crippen molar-refractivity contribution in [3.8, 4) is 0 Å². The number of nitrogens with zero attached hydrogens (tertiary/aromatic N) is 2. The predicted molar refractivity (Wildman–Crippen MR) is 83.2 cm³/mol. The maximum Gasteiger partial charge on any atom is 0.190 e. The van der Waals surface area contributed by atoms with Crippen LogP contribution in [-0.4, -0.2) is 4.57 Å². The van der Waals surface area contributed by atoms with Gasteiger partial charge < -0.3 is 4.57 Å². The van der Waals surface area contributed by atoms with Crippen LogP contribution < -0.4 is 4.80 Å². The first kappa shape index (κ1) is 14.1. The molecule has 0 bridgehead atoms. The normalized spacial score (nSPS) is 12.7. The summed E-state index contributed by atoms with van der Waals surface area (Å²) in [5, 5.41) is 2.18. The van der Waals surface area contributed by atoms with Gasteiger partial charge in [0.15, 0.2) is 4.80 Å². The van der Waals surface area contributed by atoms with E-state index in [0.717, 1.165) is 10.5 Å². The Morgan fingerprint density at radius 1 is 1.11 bits per heavy atom. The summed E-state index contributed by atoms with van der Waals surface area (Å²) in [4.78, 5) is 5.97. The van der Waals surface area contributed by atoms with E-state index in [9.17, 15) is 0 Å². The van der Waals surface area contributed by atoms with Gasteiger partial charge in [-0.2, -0.15) is 0 Å². The van der Waals surface area contributed by atoms with Gasteiger partial charge >= 0.3 is 0 Å². The summed E-state index contributed by atoms with van der Waals surface area (Å²) in [7, 11) is 0. The van der Waals surface area contributed by atoms with Crippen LogP contribution in [0.2, 0.25) is 0 Å². The number of rotatable bonds is 3. The van der Waals surface area contributed by atoms with Gasteiger partial charge in [0.1, 0.15) is 0 Å². The fourth-order valence-corrected chi connectivity index (χ4v) is 3.30. The second-order valence-corrected chi connectivity index (χ2v) is 6.29. The standard InChI is InChI=1S/C16H22N2S/c1-11(2)14-8-6-7-9-15(14)17-16-18(12(3)4)13(5)10-19-16/h6-12H,1-5H3. The van der Waals surface area contributed by atoms with Gasteiger partial charge in [-0.3, -0.25) is 0 Å². The van der Waals surface area contributed by atoms with Gasteiger partial charge in [0.2, 0.25) is 0 Å². The highest BCUT2D eigenvalue weighted by Gasteiger charge is 2.08. The summed E-state index contributed by atoms with van der Waals surface area (Å²) >= 11 is 1.72. The number of benzene rings is 1. The van der Waals surface area contributed by atoms with Gasteiger partial charge in [0.25, 0.3) is 0 Å². The highest BCUT2D eigenvalue weighted by Crippen LogP contribution is 2.26. The van der Waals surface area contributed by atoms with Crippen LogP contribution in [0.15, 0.2) is 34.6 Å². The average molecular weight is 274 g/mol. The molecular formula is C16H22N2S. The Bertz CT molecular complexity index is 618. The molecule has 0 amide bonds. The lowest BCUT2D eigenvalue weighted by Crippen LogP contribution is -2.18. The molecule has 0 unspecified atom stereocenters. The van der Waals surface area contributed by atoms with Gasteiger partial charge in [-0.1, -0.05) is 32.0 Å². The summed E-state index contributed by atoms with van der Waals surface area (Å²) < 4.78 is 2.29. The third-order valence-electron chi connectivity index (χ3n) is 3.21. The van der Waals surface area contributed by atoms with E-state index in [4.69, 9.17) is 4.99 Å². The molecule has 0 N–H and O–H groups in total. The maximum absolute atomic E-state index is 4.89. The summed E-state index contributed by atoms with van der Waals surface area (Å²) in [6.07, 6.45) is 0. The SMILES string of the molecule is Cc1csc(=Nc2ccccc2C(C)C)n1C(C)C. The second-order valence-electron chi connectivity index (χ2n) is 5.45. The minimum atomic E-state index is 0.441. The van der Waals surface area contributed by atoms with Gasteiger partial charge in [-0.15, -0.1) is 11.3 Å². The van der Waals surface area contributed by atoms with Crippen molar-refractivity contribution in [1.29, 1.82) is 0 Å². The van der Waals surface area contributed by atoms with E-state index in [-0.39, 0.29) is 0 Å². The number of hydrogen-bond acceptors (Lipinski definition) is 2. The van der Waals surface area contributed by atoms with Crippen LogP contribution in [-0.2, 0) is 0 Å². The minimum Gasteiger partial charge on any atom is -0.319 e. The van der Waals surface area contributed by atoms with E-state index < -0.39 is 0 Å². The van der Waals surface area contributed by atoms with Crippen molar-refractivity contribution >= 4 is 17.0 Å². The maximum atomic E-state index is 4.89. The first-order chi connectivity index (χ1) is 9.00. The zero-order valence-corrected chi connectivity index (χ0v) is 13.2. The van der Waals surface area contributed by atoms with Crippen molar-refractivity contribution in [3.63, 3.8) is 0 Å². The van der Waals surface area contributed by atoms with Crippen LogP contribution in [0.3, 0.4) is 0 Å². The fraction of sp³-hybridized carbons (Fsp3) is 0.438. The molecule has 102 valence electrons. The van der Waals surface area contributed by atoms with Gasteiger partial charge in [-0.05, 0) is 38.3 Å². The molecule has 1 aromatic heterocycles. The van der Waals surface area contributed by atoms with E-state index in [0.29, 0.717) is 12.0 Å². The first-order valence-corrected chi connectivity index (χ1v) is 7.69. The molecule has 0 saturated heterocycles. The molecule has 0 aliphatic heterocycles. The molecule has 0 atom stereocenters. The zero-order chi connectivity index (χ0) is 14.0. The second kappa shape index (κ2) is 5.74. The summed E-state index contributed by atoms with van der Waals surface area (Å²) in [5.41, 5.74) is 3.68. The zero-order valence-electron chi connectivity index (χ0n) is 12.3. The Balaban J connectivity index is 2.59. The van der Waals surface area contributed by atoms with E-state index in [1.807, 2.05) is 0 Å². The van der Waals surface area contributed by atoms with Crippen LogP contribution in [0.25, 0.3) is 0 Å². The van der Waals surface area contributed by atoms with Crippen LogP contribution in [0.4, 0.5) is 5.69 Å². The molecule has 2 aromatic rings. The third kappa shape index (κ3) is 2.98. The van der Waals surface area contributed by atoms with Gasteiger partial charge in [0.05, 0.1) is 5.69 Å². The van der Waals surface area contributed by atoms with Crippen molar-refractivity contribution < 1.29 is 0 Å². The summed E-state index contributed by atoms with van der Waals surface area (Å²) in [5.74, 6) is 0.494. The minimum absolute atomic E-state index is 0.441. The molecule has 2 nitrogen and oxygen atoms in total. The molecule has 0 spiro atoms. The molecule has 3 heteroatoms. The molecule has 0 aliphatic carbocycles. The lowest BCUT2D eigenvalue weighted by molar-refractivity contribution is 0.570. The van der Waals surface area contributed by atoms with E-state index in [1.165, 1.54) is 11.3 Å². The van der Waals surface area contributed by atoms with E-state index in [2.05, 4.69) is 68.8 Å². The Hall–Kier alpha value is -1.35. The van der Waals surface area contributed by atoms with E-state index in [1.54, 1.807) is 11.3 Å². The lowest BCUT2D eigenvalue weighted by atomic mass is 10.0. The Morgan fingerprint density at radius 3 is 2.42 bits per heavy atom. The number of thiazole rings is 1. The smallest absolute Gasteiger partial charge is 0.190 e. The van der Waals surface area contributed by atoms with Crippen LogP contribution in [0, 0.1) is 6.92 Å². The van der Waals surface area contributed by atoms with Crippen molar-refractivity contribution in [1.82, 2.24) is 4.57 Å². The average Bonchev–Trinajstić information content (AvgIpc) is 2.71. The monoisotopic (exact) mass is 274 g/mol. The van der Waals surface area contributed by atoms with Crippen LogP contribution >= 0.6 is 11.3 Å². The van der Waals surface area contributed by atoms with Crippen LogP contribution in [0.5, 0.6) is 0 Å². The molecular weight excluding hydrogens is 252 g/mol. The molecule has 1 heterocycles. The Morgan fingerprint density at radius 2 is 1.79 bits per heavy atom. The molecule has 0 aliphatic rings. The lowest BCUT2D eigenvalue weighted by Gasteiger charge is -2.11. The summed E-state index contributed by atoms with van der Waals surface area (Å²) in [6, 6.07) is 8.87. The van der Waals surface area contributed by atoms with Crippen LogP contribution in [0.1, 0.15) is 50.9 Å². The molecule has 0 saturated carbocycles.